The first-order valence-corrected chi connectivity index (χ1v) is 6.62. The number of nitrogens with zero attached hydrogens (tertiary/aromatic N) is 3. The summed E-state index contributed by atoms with van der Waals surface area (Å²) in [6.45, 7) is 4.36. The minimum Gasteiger partial charge on any atom is -0.309 e. The van der Waals surface area contributed by atoms with Crippen molar-refractivity contribution in [2.24, 2.45) is 5.92 Å². The Morgan fingerprint density at radius 1 is 1.47 bits per heavy atom. The van der Waals surface area contributed by atoms with Crippen molar-refractivity contribution in [3.63, 3.8) is 0 Å². The van der Waals surface area contributed by atoms with Crippen LogP contribution in [-0.4, -0.2) is 14.5 Å². The van der Waals surface area contributed by atoms with E-state index in [2.05, 4.69) is 28.4 Å². The van der Waals surface area contributed by atoms with Crippen LogP contribution in [0.1, 0.15) is 37.2 Å². The third-order valence-electron chi connectivity index (χ3n) is 3.69. The average molecular weight is 250 g/mol. The van der Waals surface area contributed by atoms with Crippen molar-refractivity contribution in [1.29, 1.82) is 0 Å². The highest BCUT2D eigenvalue weighted by atomic mass is 35.5. The maximum absolute atomic E-state index is 6.01. The summed E-state index contributed by atoms with van der Waals surface area (Å²) in [7, 11) is 0. The average Bonchev–Trinajstić information content (AvgIpc) is 2.65. The number of pyridine rings is 1. The molecule has 2 aromatic heterocycles. The Morgan fingerprint density at radius 3 is 2.88 bits per heavy atom. The minimum absolute atomic E-state index is 0.459. The van der Waals surface area contributed by atoms with Gasteiger partial charge >= 0.3 is 0 Å². The third-order valence-corrected chi connectivity index (χ3v) is 3.93. The summed E-state index contributed by atoms with van der Waals surface area (Å²) in [6.07, 6.45) is 4.28. The van der Waals surface area contributed by atoms with E-state index in [4.69, 9.17) is 11.6 Å². The first-order chi connectivity index (χ1) is 8.20. The highest BCUT2D eigenvalue weighted by Gasteiger charge is 2.30. The smallest absolute Gasteiger partial charge is 0.160 e. The summed E-state index contributed by atoms with van der Waals surface area (Å²) in [5, 5.41) is 0. The number of imidazole rings is 1. The van der Waals surface area contributed by atoms with Crippen molar-refractivity contribution in [1.82, 2.24) is 14.5 Å². The number of halogens is 1. The molecule has 17 heavy (non-hydrogen) atoms. The minimum atomic E-state index is 0.459. The molecule has 0 radical (unpaired) electrons. The molecule has 2 heterocycles. The van der Waals surface area contributed by atoms with Gasteiger partial charge in [-0.25, -0.2) is 9.97 Å². The molecule has 0 aliphatic heterocycles. The zero-order valence-electron chi connectivity index (χ0n) is 10.2. The van der Waals surface area contributed by atoms with Crippen LogP contribution >= 0.6 is 11.6 Å². The number of hydrogen-bond donors (Lipinski definition) is 0. The Kier molecular flexibility index (Phi) is 2.58. The first kappa shape index (κ1) is 11.0. The van der Waals surface area contributed by atoms with Gasteiger partial charge in [-0.2, -0.15) is 0 Å². The number of aromatic nitrogens is 3. The standard InChI is InChI=1S/C13H16ClN3/c1-8-5-10(6-8)17-11(7-14)16-12-9(2)3-4-15-13(12)17/h3-4,8,10H,5-7H2,1-2H3. The summed E-state index contributed by atoms with van der Waals surface area (Å²) in [5.41, 5.74) is 3.17. The van der Waals surface area contributed by atoms with Crippen molar-refractivity contribution in [3.05, 3.63) is 23.7 Å². The van der Waals surface area contributed by atoms with E-state index >= 15 is 0 Å². The summed E-state index contributed by atoms with van der Waals surface area (Å²) in [5.74, 6) is 2.23. The number of aryl methyl sites for hydroxylation is 1. The van der Waals surface area contributed by atoms with Gasteiger partial charge in [-0.1, -0.05) is 6.92 Å². The molecular weight excluding hydrogens is 234 g/mol. The fraction of sp³-hybridized carbons (Fsp3) is 0.538. The van der Waals surface area contributed by atoms with Crippen LogP contribution in [0.5, 0.6) is 0 Å². The fourth-order valence-electron chi connectivity index (χ4n) is 2.70. The number of rotatable bonds is 2. The number of hydrogen-bond acceptors (Lipinski definition) is 2. The normalized spacial score (nSPS) is 23.9. The lowest BCUT2D eigenvalue weighted by Crippen LogP contribution is -2.26. The van der Waals surface area contributed by atoms with Crippen LogP contribution in [0.2, 0.25) is 0 Å². The van der Waals surface area contributed by atoms with Crippen molar-refractivity contribution in [3.8, 4) is 0 Å². The zero-order valence-corrected chi connectivity index (χ0v) is 10.9. The molecule has 0 unspecified atom stereocenters. The van der Waals surface area contributed by atoms with Gasteiger partial charge < -0.3 is 4.57 Å². The van der Waals surface area contributed by atoms with Crippen molar-refractivity contribution >= 4 is 22.8 Å². The monoisotopic (exact) mass is 249 g/mol. The lowest BCUT2D eigenvalue weighted by Gasteiger charge is -2.34. The third kappa shape index (κ3) is 1.64. The van der Waals surface area contributed by atoms with E-state index in [-0.39, 0.29) is 0 Å². The molecule has 0 aromatic carbocycles. The van der Waals surface area contributed by atoms with Crippen LogP contribution < -0.4 is 0 Å². The second-order valence-electron chi connectivity index (χ2n) is 5.06. The Labute approximate surface area is 106 Å². The summed E-state index contributed by atoms with van der Waals surface area (Å²) in [4.78, 5) is 9.11. The quantitative estimate of drug-likeness (QED) is 0.764. The van der Waals surface area contributed by atoms with Gasteiger partial charge in [-0.15, -0.1) is 11.6 Å². The van der Waals surface area contributed by atoms with Crippen LogP contribution in [0.15, 0.2) is 12.3 Å². The lowest BCUT2D eigenvalue weighted by molar-refractivity contribution is 0.217. The molecule has 0 bridgehead atoms. The summed E-state index contributed by atoms with van der Waals surface area (Å²) >= 11 is 6.01. The molecule has 3 nitrogen and oxygen atoms in total. The fourth-order valence-corrected chi connectivity index (χ4v) is 2.89. The topological polar surface area (TPSA) is 30.7 Å². The second-order valence-corrected chi connectivity index (χ2v) is 5.33. The maximum Gasteiger partial charge on any atom is 0.160 e. The molecule has 1 fully saturated rings. The molecule has 4 heteroatoms. The molecule has 0 spiro atoms. The van der Waals surface area contributed by atoms with Gasteiger partial charge in [-0.05, 0) is 37.3 Å². The van der Waals surface area contributed by atoms with Crippen LogP contribution in [0.4, 0.5) is 0 Å². The lowest BCUT2D eigenvalue weighted by atomic mass is 9.81. The first-order valence-electron chi connectivity index (χ1n) is 6.09. The van der Waals surface area contributed by atoms with Crippen molar-refractivity contribution in [2.45, 2.75) is 38.6 Å². The molecule has 1 aliphatic carbocycles. The molecule has 0 saturated heterocycles. The van der Waals surface area contributed by atoms with E-state index in [0.29, 0.717) is 11.9 Å². The van der Waals surface area contributed by atoms with Gasteiger partial charge in [0.25, 0.3) is 0 Å². The highest BCUT2D eigenvalue weighted by Crippen LogP contribution is 2.40. The molecule has 2 aromatic rings. The van der Waals surface area contributed by atoms with Gasteiger partial charge in [0, 0.05) is 12.2 Å². The van der Waals surface area contributed by atoms with Gasteiger partial charge in [0.1, 0.15) is 11.3 Å². The van der Waals surface area contributed by atoms with Gasteiger partial charge in [-0.3, -0.25) is 0 Å². The molecule has 0 amide bonds. The van der Waals surface area contributed by atoms with E-state index in [9.17, 15) is 0 Å². The molecule has 0 atom stereocenters. The predicted molar refractivity (Wildman–Crippen MR) is 69.3 cm³/mol. The van der Waals surface area contributed by atoms with E-state index in [1.165, 1.54) is 18.4 Å². The summed E-state index contributed by atoms with van der Waals surface area (Å²) in [6, 6.07) is 2.54. The Hall–Kier alpha value is -1.09. The Balaban J connectivity index is 2.17. The zero-order chi connectivity index (χ0) is 12.0. The van der Waals surface area contributed by atoms with Crippen molar-refractivity contribution < 1.29 is 0 Å². The molecule has 3 rings (SSSR count). The van der Waals surface area contributed by atoms with Gasteiger partial charge in [0.2, 0.25) is 0 Å². The van der Waals surface area contributed by atoms with Crippen LogP contribution in [0.25, 0.3) is 11.2 Å². The summed E-state index contributed by atoms with van der Waals surface area (Å²) < 4.78 is 2.25. The highest BCUT2D eigenvalue weighted by molar-refractivity contribution is 6.16. The molecular formula is C13H16ClN3. The second kappa shape index (κ2) is 3.98. The van der Waals surface area contributed by atoms with Gasteiger partial charge in [0.15, 0.2) is 5.65 Å². The Morgan fingerprint density at radius 2 is 2.24 bits per heavy atom. The van der Waals surface area contributed by atoms with Crippen molar-refractivity contribution in [2.75, 3.05) is 0 Å². The largest absolute Gasteiger partial charge is 0.309 e. The van der Waals surface area contributed by atoms with E-state index in [1.54, 1.807) is 0 Å². The van der Waals surface area contributed by atoms with E-state index in [1.807, 2.05) is 12.3 Å². The predicted octanol–water partition coefficient (Wildman–Crippen LogP) is 3.45. The molecule has 1 aliphatic rings. The van der Waals surface area contributed by atoms with E-state index in [0.717, 1.165) is 22.9 Å². The number of fused-ring (bicyclic) bond motifs is 1. The molecule has 0 N–H and O–H groups in total. The van der Waals surface area contributed by atoms with E-state index < -0.39 is 0 Å². The van der Waals surface area contributed by atoms with Crippen LogP contribution in [0, 0.1) is 12.8 Å². The van der Waals surface area contributed by atoms with Gasteiger partial charge in [0.05, 0.1) is 5.88 Å². The molecule has 1 saturated carbocycles. The Bertz CT molecular complexity index is 555. The molecule has 90 valence electrons. The SMILES string of the molecule is Cc1ccnc2c1nc(CCl)n2C1CC(C)C1. The van der Waals surface area contributed by atoms with Crippen LogP contribution in [0.3, 0.4) is 0 Å². The van der Waals surface area contributed by atoms with Crippen LogP contribution in [-0.2, 0) is 5.88 Å². The maximum atomic E-state index is 6.01. The number of alkyl halides is 1.